The predicted octanol–water partition coefficient (Wildman–Crippen LogP) is 5.53. The maximum atomic E-state index is 12.8. The third-order valence-electron chi connectivity index (χ3n) is 7.12. The van der Waals surface area contributed by atoms with Crippen molar-refractivity contribution >= 4 is 33.2 Å². The molecule has 0 radical (unpaired) electrons. The number of alkyl halides is 3. The van der Waals surface area contributed by atoms with Crippen molar-refractivity contribution < 1.29 is 27.5 Å². The number of fused-ring (bicyclic) bond motifs is 1. The summed E-state index contributed by atoms with van der Waals surface area (Å²) < 4.78 is 42.3. The van der Waals surface area contributed by atoms with Gasteiger partial charge >= 0.3 is 6.36 Å². The molecule has 192 valence electrons. The van der Waals surface area contributed by atoms with Crippen LogP contribution in [0, 0.1) is 11.8 Å². The largest absolute Gasteiger partial charge is 0.522 e. The van der Waals surface area contributed by atoms with Gasteiger partial charge in [0.05, 0.1) is 15.7 Å². The molecule has 0 aromatic carbocycles. The van der Waals surface area contributed by atoms with Gasteiger partial charge in [-0.1, -0.05) is 12.8 Å². The van der Waals surface area contributed by atoms with E-state index < -0.39 is 12.5 Å². The maximum absolute atomic E-state index is 12.8. The number of pyridine rings is 1. The Labute approximate surface area is 207 Å². The summed E-state index contributed by atoms with van der Waals surface area (Å²) >= 11 is 1.45. The fraction of sp³-hybridized carbons (Fsp3) is 0.640. The minimum atomic E-state index is -4.61. The molecule has 2 aromatic heterocycles. The van der Waals surface area contributed by atoms with E-state index in [9.17, 15) is 22.8 Å². The van der Waals surface area contributed by atoms with Gasteiger partial charge in [0.25, 0.3) is 5.91 Å². The summed E-state index contributed by atoms with van der Waals surface area (Å²) in [5, 5.41) is 4.03. The van der Waals surface area contributed by atoms with E-state index in [2.05, 4.69) is 15.0 Å². The molecule has 6 nitrogen and oxygen atoms in total. The van der Waals surface area contributed by atoms with Gasteiger partial charge in [-0.05, 0) is 68.4 Å². The lowest BCUT2D eigenvalue weighted by Gasteiger charge is -2.36. The van der Waals surface area contributed by atoms with Crippen molar-refractivity contribution in [1.29, 1.82) is 0 Å². The number of carbonyl (C=O) groups excluding carboxylic acids is 2. The summed E-state index contributed by atoms with van der Waals surface area (Å²) in [6.45, 7) is 2.09. The summed E-state index contributed by atoms with van der Waals surface area (Å²) in [6.07, 6.45) is 4.49. The second-order valence-electron chi connectivity index (χ2n) is 9.58. The lowest BCUT2D eigenvalue weighted by Crippen LogP contribution is -2.43. The first-order valence-electron chi connectivity index (χ1n) is 12.4. The van der Waals surface area contributed by atoms with E-state index in [4.69, 9.17) is 0 Å². The van der Waals surface area contributed by atoms with Crippen LogP contribution in [0.1, 0.15) is 67.5 Å². The third-order valence-corrected chi connectivity index (χ3v) is 8.21. The number of aromatic nitrogens is 1. The Hall–Kier alpha value is -2.20. The first-order chi connectivity index (χ1) is 16.8. The van der Waals surface area contributed by atoms with Crippen LogP contribution in [0.15, 0.2) is 24.5 Å². The highest BCUT2D eigenvalue weighted by Crippen LogP contribution is 2.33. The van der Waals surface area contributed by atoms with Crippen molar-refractivity contribution in [2.24, 2.45) is 11.8 Å². The quantitative estimate of drug-likeness (QED) is 0.473. The number of carbonyl (C=O) groups is 2. The number of thiophene rings is 1. The SMILES string of the molecule is O=C(NCCCCC1CCN(C(=O)C2CCC(OC(F)(F)F)CC2)CC1)c1cc2ccncc2s1. The van der Waals surface area contributed by atoms with Gasteiger partial charge in [-0.2, -0.15) is 0 Å². The van der Waals surface area contributed by atoms with Gasteiger partial charge in [-0.25, -0.2) is 0 Å². The molecule has 0 unspecified atom stereocenters. The van der Waals surface area contributed by atoms with Crippen LogP contribution in [0.4, 0.5) is 13.2 Å². The fourth-order valence-corrected chi connectivity index (χ4v) is 6.11. The number of rotatable bonds is 8. The Bertz CT molecular complexity index is 963. The highest BCUT2D eigenvalue weighted by molar-refractivity contribution is 7.20. The average Bonchev–Trinajstić information content (AvgIpc) is 3.28. The number of hydrogen-bond donors (Lipinski definition) is 1. The Morgan fingerprint density at radius 3 is 2.54 bits per heavy atom. The predicted molar refractivity (Wildman–Crippen MR) is 128 cm³/mol. The maximum Gasteiger partial charge on any atom is 0.522 e. The second-order valence-corrected chi connectivity index (χ2v) is 10.7. The van der Waals surface area contributed by atoms with Crippen LogP contribution >= 0.6 is 11.3 Å². The minimum Gasteiger partial charge on any atom is -0.351 e. The topological polar surface area (TPSA) is 71.5 Å². The van der Waals surface area contributed by atoms with Gasteiger partial charge < -0.3 is 10.2 Å². The molecular formula is C25H32F3N3O3S. The molecule has 1 N–H and O–H groups in total. The van der Waals surface area contributed by atoms with Gasteiger partial charge in [0.15, 0.2) is 0 Å². The molecule has 0 atom stereocenters. The molecule has 1 saturated carbocycles. The zero-order valence-electron chi connectivity index (χ0n) is 19.7. The minimum absolute atomic E-state index is 0.0444. The van der Waals surface area contributed by atoms with E-state index in [1.54, 1.807) is 12.4 Å². The molecule has 2 fully saturated rings. The first kappa shape index (κ1) is 25.9. The molecule has 1 saturated heterocycles. The number of amides is 2. The van der Waals surface area contributed by atoms with Crippen LogP contribution < -0.4 is 5.32 Å². The number of nitrogens with zero attached hydrogens (tertiary/aromatic N) is 2. The lowest BCUT2D eigenvalue weighted by molar-refractivity contribution is -0.345. The number of ether oxygens (including phenoxy) is 1. The zero-order valence-corrected chi connectivity index (χ0v) is 20.5. The molecular weight excluding hydrogens is 479 g/mol. The normalized spacial score (nSPS) is 21.9. The van der Waals surface area contributed by atoms with Gasteiger partial charge in [-0.3, -0.25) is 19.3 Å². The summed E-state index contributed by atoms with van der Waals surface area (Å²) in [5.74, 6) is 0.437. The standard InChI is InChI=1S/C25H32F3N3O3S/c26-25(27,28)34-20-6-4-18(5-7-20)24(33)31-13-9-17(10-14-31)3-1-2-11-30-23(32)21-15-19-8-12-29-16-22(19)35-21/h8,12,15-18,20H,1-7,9-11,13-14H2,(H,30,32). The fourth-order valence-electron chi connectivity index (χ4n) is 5.16. The summed E-state index contributed by atoms with van der Waals surface area (Å²) in [4.78, 5) is 31.9. The van der Waals surface area contributed by atoms with Gasteiger partial charge in [0.2, 0.25) is 5.91 Å². The average molecular weight is 512 g/mol. The Balaban J connectivity index is 1.08. The van der Waals surface area contributed by atoms with E-state index in [1.807, 2.05) is 17.0 Å². The number of nitrogens with one attached hydrogen (secondary N) is 1. The van der Waals surface area contributed by atoms with Crippen molar-refractivity contribution in [2.45, 2.75) is 70.3 Å². The molecule has 10 heteroatoms. The lowest BCUT2D eigenvalue weighted by atomic mass is 9.85. The van der Waals surface area contributed by atoms with Gasteiger partial charge in [0.1, 0.15) is 0 Å². The van der Waals surface area contributed by atoms with Crippen molar-refractivity contribution in [3.05, 3.63) is 29.4 Å². The van der Waals surface area contributed by atoms with Gasteiger partial charge in [0, 0.05) is 37.9 Å². The van der Waals surface area contributed by atoms with Crippen molar-refractivity contribution in [3.8, 4) is 0 Å². The smallest absolute Gasteiger partial charge is 0.351 e. The molecule has 3 heterocycles. The Morgan fingerprint density at radius 2 is 1.86 bits per heavy atom. The molecule has 2 aromatic rings. The Morgan fingerprint density at radius 1 is 1.11 bits per heavy atom. The third kappa shape index (κ3) is 7.39. The monoisotopic (exact) mass is 511 g/mol. The molecule has 0 spiro atoms. The van der Waals surface area contributed by atoms with Crippen molar-refractivity contribution in [3.63, 3.8) is 0 Å². The van der Waals surface area contributed by atoms with E-state index in [1.165, 1.54) is 11.3 Å². The highest BCUT2D eigenvalue weighted by Gasteiger charge is 2.37. The van der Waals surface area contributed by atoms with E-state index in [0.29, 0.717) is 30.2 Å². The highest BCUT2D eigenvalue weighted by atomic mass is 32.1. The number of likely N-dealkylation sites (tertiary alicyclic amines) is 1. The molecule has 1 aliphatic carbocycles. The molecule has 2 aliphatic rings. The number of hydrogen-bond acceptors (Lipinski definition) is 5. The summed E-state index contributed by atoms with van der Waals surface area (Å²) in [5.41, 5.74) is 0. The van der Waals surface area contributed by atoms with Gasteiger partial charge in [-0.15, -0.1) is 24.5 Å². The van der Waals surface area contributed by atoms with Crippen LogP contribution in [0.3, 0.4) is 0 Å². The molecule has 4 rings (SSSR count). The van der Waals surface area contributed by atoms with Crippen LogP contribution in [0.25, 0.3) is 10.1 Å². The van der Waals surface area contributed by atoms with E-state index >= 15 is 0 Å². The molecule has 2 amide bonds. The zero-order chi connectivity index (χ0) is 24.8. The van der Waals surface area contributed by atoms with Crippen LogP contribution in [0.2, 0.25) is 0 Å². The summed E-state index contributed by atoms with van der Waals surface area (Å²) in [7, 11) is 0. The van der Waals surface area contributed by atoms with Crippen LogP contribution in [-0.2, 0) is 9.53 Å². The van der Waals surface area contributed by atoms with Crippen molar-refractivity contribution in [2.75, 3.05) is 19.6 Å². The van der Waals surface area contributed by atoms with E-state index in [0.717, 1.165) is 55.3 Å². The molecule has 1 aliphatic heterocycles. The van der Waals surface area contributed by atoms with Crippen LogP contribution in [-0.4, -0.2) is 53.8 Å². The van der Waals surface area contributed by atoms with E-state index in [-0.39, 0.29) is 30.6 Å². The summed E-state index contributed by atoms with van der Waals surface area (Å²) in [6, 6.07) is 3.80. The molecule has 0 bridgehead atoms. The van der Waals surface area contributed by atoms with Crippen molar-refractivity contribution in [1.82, 2.24) is 15.2 Å². The molecule has 35 heavy (non-hydrogen) atoms. The number of piperidine rings is 1. The second kappa shape index (κ2) is 11.7. The van der Waals surface area contributed by atoms with Crippen LogP contribution in [0.5, 0.6) is 0 Å². The number of unbranched alkanes of at least 4 members (excludes halogenated alkanes) is 1. The Kier molecular flexibility index (Phi) is 8.64. The number of halogens is 3. The first-order valence-corrected chi connectivity index (χ1v) is 13.3.